The van der Waals surface area contributed by atoms with Gasteiger partial charge in [-0.25, -0.2) is 4.98 Å². The third-order valence-corrected chi connectivity index (χ3v) is 2.23. The third-order valence-electron chi connectivity index (χ3n) is 2.07. The first-order chi connectivity index (χ1) is 8.65. The molecule has 2 rings (SSSR count). The van der Waals surface area contributed by atoms with E-state index in [1.807, 2.05) is 0 Å². The van der Waals surface area contributed by atoms with Gasteiger partial charge in [0.15, 0.2) is 0 Å². The van der Waals surface area contributed by atoms with Crippen LogP contribution >= 0.6 is 11.6 Å². The number of rotatable bonds is 5. The molecule has 0 radical (unpaired) electrons. The summed E-state index contributed by atoms with van der Waals surface area (Å²) in [7, 11) is 0. The van der Waals surface area contributed by atoms with Crippen LogP contribution in [0.2, 0.25) is 5.28 Å². The Bertz CT molecular complexity index is 502. The number of nitrogens with zero attached hydrogens (tertiary/aromatic N) is 6. The second kappa shape index (κ2) is 5.69. The van der Waals surface area contributed by atoms with Gasteiger partial charge < -0.3 is 10.4 Å². The zero-order valence-electron chi connectivity index (χ0n) is 9.65. The fourth-order valence-corrected chi connectivity index (χ4v) is 1.38. The van der Waals surface area contributed by atoms with E-state index in [0.29, 0.717) is 18.9 Å². The minimum atomic E-state index is -0.385. The Kier molecular flexibility index (Phi) is 4.00. The lowest BCUT2D eigenvalue weighted by Gasteiger charge is -2.07. The molecule has 96 valence electrons. The van der Waals surface area contributed by atoms with Gasteiger partial charge in [0, 0.05) is 6.54 Å². The predicted octanol–water partition coefficient (Wildman–Crippen LogP) is 0.288. The van der Waals surface area contributed by atoms with Crippen molar-refractivity contribution in [2.24, 2.45) is 0 Å². The average Bonchev–Trinajstić information content (AvgIpc) is 2.81. The molecule has 0 fully saturated rings. The van der Waals surface area contributed by atoms with E-state index in [-0.39, 0.29) is 17.3 Å². The molecule has 0 aliphatic carbocycles. The quantitative estimate of drug-likeness (QED) is 0.804. The van der Waals surface area contributed by atoms with Crippen molar-refractivity contribution in [3.63, 3.8) is 0 Å². The first-order valence-electron chi connectivity index (χ1n) is 5.33. The molecule has 2 N–H and O–H groups in total. The first-order valence-corrected chi connectivity index (χ1v) is 5.71. The summed E-state index contributed by atoms with van der Waals surface area (Å²) in [5, 5.41) is 16.1. The molecule has 8 nitrogen and oxygen atoms in total. The summed E-state index contributed by atoms with van der Waals surface area (Å²) < 4.78 is 1.38. The maximum absolute atomic E-state index is 9.15. The lowest BCUT2D eigenvalue weighted by Crippen LogP contribution is -2.13. The minimum Gasteiger partial charge on any atom is -0.393 e. The number of aromatic nitrogens is 6. The van der Waals surface area contributed by atoms with Crippen molar-refractivity contribution >= 4 is 17.5 Å². The zero-order chi connectivity index (χ0) is 13.0. The van der Waals surface area contributed by atoms with E-state index in [2.05, 4.69) is 30.4 Å². The fraction of sp³-hybridized carbons (Fsp3) is 0.444. The lowest BCUT2D eigenvalue weighted by molar-refractivity contribution is 0.188. The molecule has 2 aromatic rings. The highest BCUT2D eigenvalue weighted by atomic mass is 35.5. The molecule has 0 amide bonds. The van der Waals surface area contributed by atoms with Crippen LogP contribution in [0, 0.1) is 0 Å². The van der Waals surface area contributed by atoms with Gasteiger partial charge in [-0.1, -0.05) is 0 Å². The van der Waals surface area contributed by atoms with Gasteiger partial charge >= 0.3 is 0 Å². The standard InChI is InChI=1S/C9H12ClN7O/c1-6(18)2-3-12-8-14-7(10)15-9(16-8)17-5-11-4-13-17/h4-6,18H,2-3H2,1H3,(H,12,14,15,16). The van der Waals surface area contributed by atoms with Crippen LogP contribution in [0.4, 0.5) is 5.95 Å². The van der Waals surface area contributed by atoms with Crippen LogP contribution in [0.1, 0.15) is 13.3 Å². The Balaban J connectivity index is 2.12. The molecule has 2 aromatic heterocycles. The number of anilines is 1. The summed E-state index contributed by atoms with van der Waals surface area (Å²) in [5.41, 5.74) is 0. The molecular formula is C9H12ClN7O. The van der Waals surface area contributed by atoms with Crippen LogP contribution < -0.4 is 5.32 Å². The Labute approximate surface area is 108 Å². The highest BCUT2D eigenvalue weighted by Crippen LogP contribution is 2.08. The molecule has 0 bridgehead atoms. The fourth-order valence-electron chi connectivity index (χ4n) is 1.23. The van der Waals surface area contributed by atoms with Crippen LogP contribution in [0.5, 0.6) is 0 Å². The zero-order valence-corrected chi connectivity index (χ0v) is 10.4. The maximum Gasteiger partial charge on any atom is 0.258 e. The largest absolute Gasteiger partial charge is 0.393 e. The van der Waals surface area contributed by atoms with E-state index >= 15 is 0 Å². The molecular weight excluding hydrogens is 258 g/mol. The summed E-state index contributed by atoms with van der Waals surface area (Å²) >= 11 is 5.80. The molecule has 2 heterocycles. The summed E-state index contributed by atoms with van der Waals surface area (Å²) in [6, 6.07) is 0. The number of aliphatic hydroxyl groups is 1. The van der Waals surface area contributed by atoms with Crippen molar-refractivity contribution in [2.75, 3.05) is 11.9 Å². The van der Waals surface area contributed by atoms with Gasteiger partial charge in [-0.15, -0.1) is 0 Å². The number of halogens is 1. The Morgan fingerprint density at radius 3 is 2.94 bits per heavy atom. The Morgan fingerprint density at radius 1 is 1.44 bits per heavy atom. The lowest BCUT2D eigenvalue weighted by atomic mass is 10.3. The average molecular weight is 270 g/mol. The first kappa shape index (κ1) is 12.7. The van der Waals surface area contributed by atoms with Crippen molar-refractivity contribution in [1.29, 1.82) is 0 Å². The summed E-state index contributed by atoms with van der Waals surface area (Å²) in [6.07, 6.45) is 3.04. The number of hydrogen-bond acceptors (Lipinski definition) is 7. The van der Waals surface area contributed by atoms with Crippen LogP contribution in [0.3, 0.4) is 0 Å². The molecule has 1 atom stereocenters. The van der Waals surface area contributed by atoms with Crippen LogP contribution in [0.25, 0.3) is 5.95 Å². The summed E-state index contributed by atoms with van der Waals surface area (Å²) in [5.74, 6) is 0.619. The van der Waals surface area contributed by atoms with Crippen LogP contribution in [-0.4, -0.2) is 47.5 Å². The second-order valence-corrected chi connectivity index (χ2v) is 3.97. The van der Waals surface area contributed by atoms with Crippen molar-refractivity contribution in [2.45, 2.75) is 19.4 Å². The normalized spacial score (nSPS) is 12.4. The molecule has 0 saturated carbocycles. The smallest absolute Gasteiger partial charge is 0.258 e. The van der Waals surface area contributed by atoms with Gasteiger partial charge in [0.2, 0.25) is 11.2 Å². The highest BCUT2D eigenvalue weighted by Gasteiger charge is 2.07. The van der Waals surface area contributed by atoms with E-state index in [9.17, 15) is 0 Å². The van der Waals surface area contributed by atoms with Gasteiger partial charge in [-0.05, 0) is 24.9 Å². The molecule has 0 aliphatic heterocycles. The topological polar surface area (TPSA) is 102 Å². The monoisotopic (exact) mass is 269 g/mol. The van der Waals surface area contributed by atoms with Crippen LogP contribution in [0.15, 0.2) is 12.7 Å². The molecule has 18 heavy (non-hydrogen) atoms. The van der Waals surface area contributed by atoms with E-state index < -0.39 is 0 Å². The van der Waals surface area contributed by atoms with E-state index in [1.165, 1.54) is 17.3 Å². The SMILES string of the molecule is CC(O)CCNc1nc(Cl)nc(-n2cncn2)n1. The molecule has 9 heteroatoms. The molecule has 0 aromatic carbocycles. The molecule has 0 saturated heterocycles. The van der Waals surface area contributed by atoms with Crippen molar-refractivity contribution < 1.29 is 5.11 Å². The molecule has 0 spiro atoms. The van der Waals surface area contributed by atoms with Crippen LogP contribution in [-0.2, 0) is 0 Å². The minimum absolute atomic E-state index is 0.0649. The Morgan fingerprint density at radius 2 is 2.28 bits per heavy atom. The number of hydrogen-bond donors (Lipinski definition) is 2. The van der Waals surface area contributed by atoms with E-state index in [0.717, 1.165) is 0 Å². The van der Waals surface area contributed by atoms with Crippen molar-refractivity contribution in [3.05, 3.63) is 17.9 Å². The summed E-state index contributed by atoms with van der Waals surface area (Å²) in [6.45, 7) is 2.25. The van der Waals surface area contributed by atoms with E-state index in [4.69, 9.17) is 16.7 Å². The van der Waals surface area contributed by atoms with Gasteiger partial charge in [-0.2, -0.15) is 24.7 Å². The van der Waals surface area contributed by atoms with Gasteiger partial charge in [-0.3, -0.25) is 0 Å². The number of aliphatic hydroxyl groups excluding tert-OH is 1. The number of nitrogens with one attached hydrogen (secondary N) is 1. The van der Waals surface area contributed by atoms with Crippen molar-refractivity contribution in [1.82, 2.24) is 29.7 Å². The molecule has 1 unspecified atom stereocenters. The second-order valence-electron chi connectivity index (χ2n) is 3.63. The van der Waals surface area contributed by atoms with E-state index in [1.54, 1.807) is 6.92 Å². The van der Waals surface area contributed by atoms with Gasteiger partial charge in [0.1, 0.15) is 12.7 Å². The van der Waals surface area contributed by atoms with Gasteiger partial charge in [0.25, 0.3) is 5.95 Å². The Hall–Kier alpha value is -1.80. The third kappa shape index (κ3) is 3.34. The summed E-state index contributed by atoms with van der Waals surface area (Å²) in [4.78, 5) is 15.8. The molecule has 0 aliphatic rings. The van der Waals surface area contributed by atoms with Gasteiger partial charge in [0.05, 0.1) is 6.10 Å². The predicted molar refractivity (Wildman–Crippen MR) is 64.5 cm³/mol. The highest BCUT2D eigenvalue weighted by molar-refractivity contribution is 6.28. The maximum atomic E-state index is 9.15. The van der Waals surface area contributed by atoms with Crippen molar-refractivity contribution in [3.8, 4) is 5.95 Å².